The molecule has 18 heavy (non-hydrogen) atoms. The van der Waals surface area contributed by atoms with Crippen molar-refractivity contribution in [2.75, 3.05) is 6.54 Å². The Labute approximate surface area is 101 Å². The second-order valence-corrected chi connectivity index (χ2v) is 3.84. The van der Waals surface area contributed by atoms with E-state index in [1.807, 2.05) is 6.07 Å². The van der Waals surface area contributed by atoms with E-state index < -0.39 is 23.4 Å². The van der Waals surface area contributed by atoms with E-state index in [0.29, 0.717) is 6.42 Å². The first-order valence-electron chi connectivity index (χ1n) is 5.28. The zero-order chi connectivity index (χ0) is 13.3. The second-order valence-electron chi connectivity index (χ2n) is 3.84. The van der Waals surface area contributed by atoms with Gasteiger partial charge in [-0.15, -0.1) is 0 Å². The Hall–Kier alpha value is -2.29. The average molecular weight is 250 g/mol. The van der Waals surface area contributed by atoms with Crippen LogP contribution in [0.2, 0.25) is 0 Å². The number of unbranched alkanes of at least 4 members (excludes halogenated alkanes) is 1. The molecule has 0 unspecified atom stereocenters. The highest BCUT2D eigenvalue weighted by atomic mass is 19.2. The molecule has 0 saturated heterocycles. The number of carbonyl (C=O) groups is 2. The van der Waals surface area contributed by atoms with Crippen LogP contribution in [0.1, 0.15) is 33.6 Å². The molecule has 1 aliphatic heterocycles. The highest BCUT2D eigenvalue weighted by Crippen LogP contribution is 2.25. The highest BCUT2D eigenvalue weighted by Gasteiger charge is 2.36. The van der Waals surface area contributed by atoms with Gasteiger partial charge in [0.1, 0.15) is 0 Å². The van der Waals surface area contributed by atoms with Gasteiger partial charge >= 0.3 is 0 Å². The molecule has 0 fully saturated rings. The second kappa shape index (κ2) is 4.53. The maximum Gasteiger partial charge on any atom is 0.261 e. The molecular formula is C12H8F2N2O2. The summed E-state index contributed by atoms with van der Waals surface area (Å²) in [6, 6.07) is 3.35. The minimum atomic E-state index is -1.16. The fraction of sp³-hybridized carbons (Fsp3) is 0.250. The number of hydrogen-bond donors (Lipinski definition) is 0. The number of amides is 2. The molecule has 0 radical (unpaired) electrons. The molecule has 0 atom stereocenters. The van der Waals surface area contributed by atoms with Crippen LogP contribution in [0, 0.1) is 23.0 Å². The number of hydrogen-bond acceptors (Lipinski definition) is 3. The van der Waals surface area contributed by atoms with Gasteiger partial charge in [-0.25, -0.2) is 8.78 Å². The van der Waals surface area contributed by atoms with E-state index in [1.165, 1.54) is 0 Å². The van der Waals surface area contributed by atoms with Gasteiger partial charge in [0.15, 0.2) is 11.6 Å². The lowest BCUT2D eigenvalue weighted by molar-refractivity contribution is 0.0653. The van der Waals surface area contributed by atoms with E-state index >= 15 is 0 Å². The van der Waals surface area contributed by atoms with Crippen LogP contribution >= 0.6 is 0 Å². The lowest BCUT2D eigenvalue weighted by Crippen LogP contribution is -2.30. The third-order valence-electron chi connectivity index (χ3n) is 2.68. The molecular weight excluding hydrogens is 242 g/mol. The number of imide groups is 1. The molecule has 1 aromatic rings. The predicted octanol–water partition coefficient (Wildman–Crippen LogP) is 1.86. The zero-order valence-electron chi connectivity index (χ0n) is 9.24. The van der Waals surface area contributed by atoms with Crippen LogP contribution in [0.3, 0.4) is 0 Å². The SMILES string of the molecule is N#CCCCN1C(=O)c2cc(F)c(F)cc2C1=O. The van der Waals surface area contributed by atoms with Gasteiger partial charge in [0.2, 0.25) is 0 Å². The molecule has 0 aliphatic carbocycles. The molecule has 1 aliphatic rings. The monoisotopic (exact) mass is 250 g/mol. The van der Waals surface area contributed by atoms with Crippen molar-refractivity contribution < 1.29 is 18.4 Å². The van der Waals surface area contributed by atoms with Crippen molar-refractivity contribution >= 4 is 11.8 Å². The van der Waals surface area contributed by atoms with Gasteiger partial charge in [0, 0.05) is 13.0 Å². The summed E-state index contributed by atoms with van der Waals surface area (Å²) in [7, 11) is 0. The predicted molar refractivity (Wildman–Crippen MR) is 56.6 cm³/mol. The Kier molecular flexibility index (Phi) is 3.06. The first kappa shape index (κ1) is 12.2. The smallest absolute Gasteiger partial charge is 0.261 e. The number of rotatable bonds is 3. The zero-order valence-corrected chi connectivity index (χ0v) is 9.24. The molecule has 92 valence electrons. The lowest BCUT2D eigenvalue weighted by atomic mass is 10.1. The molecule has 4 nitrogen and oxygen atoms in total. The molecule has 1 aromatic carbocycles. The maximum absolute atomic E-state index is 13.0. The third-order valence-corrected chi connectivity index (χ3v) is 2.68. The topological polar surface area (TPSA) is 61.2 Å². The first-order chi connectivity index (χ1) is 8.56. The van der Waals surface area contributed by atoms with Crippen LogP contribution in [-0.2, 0) is 0 Å². The molecule has 2 rings (SSSR count). The number of benzene rings is 1. The number of fused-ring (bicyclic) bond motifs is 1. The summed E-state index contributed by atoms with van der Waals surface area (Å²) in [5.41, 5.74) is -0.258. The Morgan fingerprint density at radius 3 is 2.06 bits per heavy atom. The molecule has 0 aromatic heterocycles. The van der Waals surface area contributed by atoms with E-state index in [2.05, 4.69) is 0 Å². The van der Waals surface area contributed by atoms with Gasteiger partial charge in [-0.05, 0) is 18.6 Å². The van der Waals surface area contributed by atoms with Gasteiger partial charge < -0.3 is 0 Å². The fourth-order valence-corrected chi connectivity index (χ4v) is 1.80. The first-order valence-corrected chi connectivity index (χ1v) is 5.28. The normalized spacial score (nSPS) is 13.7. The summed E-state index contributed by atoms with van der Waals surface area (Å²) in [5, 5.41) is 8.38. The Bertz CT molecular complexity index is 537. The van der Waals surface area contributed by atoms with Crippen LogP contribution in [0.25, 0.3) is 0 Å². The van der Waals surface area contributed by atoms with Crippen molar-refractivity contribution in [3.8, 4) is 6.07 Å². The van der Waals surface area contributed by atoms with E-state index in [1.54, 1.807) is 0 Å². The molecule has 0 saturated carbocycles. The van der Waals surface area contributed by atoms with Gasteiger partial charge in [-0.2, -0.15) is 5.26 Å². The van der Waals surface area contributed by atoms with Gasteiger partial charge in [0.05, 0.1) is 17.2 Å². The third kappa shape index (κ3) is 1.84. The fourth-order valence-electron chi connectivity index (χ4n) is 1.80. The van der Waals surface area contributed by atoms with E-state index in [4.69, 9.17) is 5.26 Å². The molecule has 0 bridgehead atoms. The standard InChI is InChI=1S/C12H8F2N2O2/c13-9-5-7-8(6-10(9)14)12(18)16(11(7)17)4-2-1-3-15/h5-6H,1-2,4H2. The molecule has 1 heterocycles. The van der Waals surface area contributed by atoms with Crippen LogP contribution in [0.15, 0.2) is 12.1 Å². The van der Waals surface area contributed by atoms with Crippen molar-refractivity contribution in [3.05, 3.63) is 34.9 Å². The Morgan fingerprint density at radius 2 is 1.61 bits per heavy atom. The summed E-state index contributed by atoms with van der Waals surface area (Å²) < 4.78 is 26.0. The summed E-state index contributed by atoms with van der Waals surface area (Å²) in [6.45, 7) is 0.0726. The minimum Gasteiger partial charge on any atom is -0.274 e. The van der Waals surface area contributed by atoms with Crippen molar-refractivity contribution in [2.24, 2.45) is 0 Å². The summed E-state index contributed by atoms with van der Waals surface area (Å²) in [4.78, 5) is 24.5. The van der Waals surface area contributed by atoms with Crippen LogP contribution in [0.4, 0.5) is 8.78 Å². The maximum atomic E-state index is 13.0. The molecule has 2 amide bonds. The van der Waals surface area contributed by atoms with E-state index in [9.17, 15) is 18.4 Å². The number of nitriles is 1. The van der Waals surface area contributed by atoms with Crippen LogP contribution < -0.4 is 0 Å². The summed E-state index contributed by atoms with van der Waals surface area (Å²) in [6.07, 6.45) is 0.545. The lowest BCUT2D eigenvalue weighted by Gasteiger charge is -2.11. The number of nitrogens with zero attached hydrogens (tertiary/aromatic N) is 2. The van der Waals surface area contributed by atoms with Crippen molar-refractivity contribution in [1.29, 1.82) is 5.26 Å². The number of carbonyl (C=O) groups excluding carboxylic acids is 2. The average Bonchev–Trinajstić information content (AvgIpc) is 2.56. The Balaban J connectivity index is 2.30. The van der Waals surface area contributed by atoms with Crippen LogP contribution in [0.5, 0.6) is 0 Å². The van der Waals surface area contributed by atoms with Crippen molar-refractivity contribution in [1.82, 2.24) is 4.90 Å². The van der Waals surface area contributed by atoms with Gasteiger partial charge in [-0.3, -0.25) is 14.5 Å². The minimum absolute atomic E-state index is 0.0726. The highest BCUT2D eigenvalue weighted by molar-refractivity contribution is 6.21. The Morgan fingerprint density at radius 1 is 1.11 bits per heavy atom. The molecule has 0 N–H and O–H groups in total. The summed E-state index contributed by atoms with van der Waals surface area (Å²) in [5.74, 6) is -3.61. The van der Waals surface area contributed by atoms with E-state index in [-0.39, 0.29) is 24.1 Å². The molecule has 6 heteroatoms. The van der Waals surface area contributed by atoms with Gasteiger partial charge in [-0.1, -0.05) is 0 Å². The molecule has 0 spiro atoms. The van der Waals surface area contributed by atoms with Gasteiger partial charge in [0.25, 0.3) is 11.8 Å². The van der Waals surface area contributed by atoms with Crippen molar-refractivity contribution in [2.45, 2.75) is 12.8 Å². The van der Waals surface area contributed by atoms with Crippen molar-refractivity contribution in [3.63, 3.8) is 0 Å². The summed E-state index contributed by atoms with van der Waals surface area (Å²) >= 11 is 0. The number of halogens is 2. The quantitative estimate of drug-likeness (QED) is 0.607. The largest absolute Gasteiger partial charge is 0.274 e. The van der Waals surface area contributed by atoms with Crippen LogP contribution in [-0.4, -0.2) is 23.3 Å². The van der Waals surface area contributed by atoms with E-state index in [0.717, 1.165) is 17.0 Å².